The molecule has 1 fully saturated rings. The van der Waals surface area contributed by atoms with Crippen LogP contribution in [-0.4, -0.2) is 8.07 Å². The van der Waals surface area contributed by atoms with Gasteiger partial charge in [-0.25, -0.2) is 8.96 Å². The number of hydrogen-bond acceptors (Lipinski definition) is 0. The van der Waals surface area contributed by atoms with Crippen LogP contribution in [0.4, 0.5) is 4.39 Å². The van der Waals surface area contributed by atoms with Crippen molar-refractivity contribution >= 4 is 24.0 Å². The van der Waals surface area contributed by atoms with Crippen LogP contribution in [0.15, 0.2) is 36.5 Å². The lowest BCUT2D eigenvalue weighted by Crippen LogP contribution is -2.45. The maximum atomic E-state index is 15.3. The zero-order chi connectivity index (χ0) is 23.0. The fraction of sp³-hybridized carbons (Fsp3) is 0.483. The van der Waals surface area contributed by atoms with Gasteiger partial charge in [0.1, 0.15) is 12.9 Å². The van der Waals surface area contributed by atoms with Gasteiger partial charge in [-0.1, -0.05) is 69.1 Å². The van der Waals surface area contributed by atoms with E-state index in [1.165, 1.54) is 53.0 Å². The zero-order valence-corrected chi connectivity index (χ0v) is 21.8. The molecule has 0 aliphatic heterocycles. The molecule has 1 saturated carbocycles. The normalized spacial score (nSPS) is 15.1. The van der Waals surface area contributed by atoms with E-state index in [1.807, 2.05) is 6.92 Å². The quantitative estimate of drug-likeness (QED) is 0.272. The van der Waals surface area contributed by atoms with E-state index in [9.17, 15) is 0 Å². The van der Waals surface area contributed by atoms with E-state index in [0.717, 1.165) is 29.5 Å². The fourth-order valence-electron chi connectivity index (χ4n) is 6.09. The molecule has 0 unspecified atom stereocenters. The first kappa shape index (κ1) is 23.2. The Labute approximate surface area is 194 Å². The van der Waals surface area contributed by atoms with Crippen molar-refractivity contribution in [2.75, 3.05) is 0 Å². The summed E-state index contributed by atoms with van der Waals surface area (Å²) in [6.45, 7) is 11.2. The molecule has 3 heteroatoms. The van der Waals surface area contributed by atoms with Gasteiger partial charge in [-0.2, -0.15) is 0 Å². The van der Waals surface area contributed by atoms with Gasteiger partial charge in [-0.15, -0.1) is 0 Å². The molecule has 1 aromatic heterocycles. The average Bonchev–Trinajstić information content (AvgIpc) is 3.34. The van der Waals surface area contributed by atoms with Crippen molar-refractivity contribution < 1.29 is 8.96 Å². The molecular weight excluding hydrogens is 409 g/mol. The van der Waals surface area contributed by atoms with Crippen LogP contribution in [0.2, 0.25) is 18.1 Å². The van der Waals surface area contributed by atoms with Crippen LogP contribution in [0, 0.1) is 19.7 Å². The van der Waals surface area contributed by atoms with Crippen LogP contribution in [-0.2, 0) is 7.05 Å². The smallest absolute Gasteiger partial charge is 0.206 e. The van der Waals surface area contributed by atoms with Crippen LogP contribution in [0.3, 0.4) is 0 Å². The Morgan fingerprint density at radius 1 is 0.938 bits per heavy atom. The predicted octanol–water partition coefficient (Wildman–Crippen LogP) is 7.46. The summed E-state index contributed by atoms with van der Waals surface area (Å²) in [5.74, 6) is 0.387. The van der Waals surface area contributed by atoms with Crippen LogP contribution in [0.1, 0.15) is 69.1 Å². The van der Waals surface area contributed by atoms with Gasteiger partial charge in [0.25, 0.3) is 0 Å². The Morgan fingerprint density at radius 2 is 1.59 bits per heavy atom. The summed E-state index contributed by atoms with van der Waals surface area (Å²) in [6.07, 6.45) is 6.84. The molecule has 1 nitrogen and oxygen atoms in total. The summed E-state index contributed by atoms with van der Waals surface area (Å²) in [6, 6.07) is 15.5. The van der Waals surface area contributed by atoms with Crippen molar-refractivity contribution in [1.82, 2.24) is 0 Å². The SMILES string of the molecule is CC[Si](CC)(CC)c1ccc2c(-c3cc(C4CCCC4)c(F)c(C)c3C)[n+](C)ccc2c1. The van der Waals surface area contributed by atoms with Crippen LogP contribution in [0.5, 0.6) is 0 Å². The minimum absolute atomic E-state index is 0.0212. The van der Waals surface area contributed by atoms with Crippen LogP contribution in [0.25, 0.3) is 22.0 Å². The van der Waals surface area contributed by atoms with E-state index in [2.05, 4.69) is 75.8 Å². The maximum absolute atomic E-state index is 15.3. The molecule has 0 saturated heterocycles. The van der Waals surface area contributed by atoms with Crippen LogP contribution >= 0.6 is 0 Å². The number of pyridine rings is 1. The van der Waals surface area contributed by atoms with Crippen molar-refractivity contribution in [2.45, 2.75) is 84.4 Å². The summed E-state index contributed by atoms with van der Waals surface area (Å²) in [7, 11) is 0.693. The van der Waals surface area contributed by atoms with E-state index < -0.39 is 8.07 Å². The Balaban J connectivity index is 1.94. The lowest BCUT2D eigenvalue weighted by atomic mass is 9.88. The molecule has 3 aromatic rings. The first-order chi connectivity index (χ1) is 15.4. The fourth-order valence-corrected chi connectivity index (χ4v) is 9.71. The van der Waals surface area contributed by atoms with Gasteiger partial charge >= 0.3 is 0 Å². The first-order valence-electron chi connectivity index (χ1n) is 12.6. The monoisotopic (exact) mass is 448 g/mol. The standard InChI is InChI=1S/C29H39FNSi/c1-7-32(8-2,9-3)24-14-15-25-23(18-24)16-17-31(6)29(25)26-19-27(22-12-10-11-13-22)28(30)21(5)20(26)4/h14-19,22H,7-13H2,1-6H3/q+1. The molecule has 0 atom stereocenters. The highest BCUT2D eigenvalue weighted by atomic mass is 28.3. The van der Waals surface area contributed by atoms with E-state index in [1.54, 1.807) is 5.19 Å². The third-order valence-corrected chi connectivity index (χ3v) is 14.3. The number of fused-ring (bicyclic) bond motifs is 1. The summed E-state index contributed by atoms with van der Waals surface area (Å²) in [5.41, 5.74) is 5.22. The number of aryl methyl sites for hydroxylation is 1. The molecule has 0 spiro atoms. The summed E-state index contributed by atoms with van der Waals surface area (Å²) < 4.78 is 17.5. The van der Waals surface area contributed by atoms with Gasteiger partial charge in [0, 0.05) is 6.07 Å². The molecule has 170 valence electrons. The molecule has 0 bridgehead atoms. The number of nitrogens with zero attached hydrogens (tertiary/aromatic N) is 1. The number of rotatable bonds is 6. The second-order valence-corrected chi connectivity index (χ2v) is 15.2. The third-order valence-electron chi connectivity index (χ3n) is 8.68. The minimum Gasteiger partial charge on any atom is -0.206 e. The zero-order valence-electron chi connectivity index (χ0n) is 20.8. The van der Waals surface area contributed by atoms with Gasteiger partial charge in [0.05, 0.1) is 19.0 Å². The largest absolute Gasteiger partial charge is 0.220 e. The van der Waals surface area contributed by atoms with Crippen molar-refractivity contribution in [2.24, 2.45) is 7.05 Å². The second kappa shape index (κ2) is 9.09. The van der Waals surface area contributed by atoms with Gasteiger partial charge in [0.2, 0.25) is 5.69 Å². The highest BCUT2D eigenvalue weighted by molar-refractivity contribution is 6.91. The highest BCUT2D eigenvalue weighted by Gasteiger charge is 2.30. The molecule has 1 aliphatic rings. The molecule has 1 aliphatic carbocycles. The third kappa shape index (κ3) is 3.73. The summed E-state index contributed by atoms with van der Waals surface area (Å²) in [5, 5.41) is 4.17. The van der Waals surface area contributed by atoms with E-state index in [0.29, 0.717) is 5.92 Å². The average molecular weight is 449 g/mol. The Morgan fingerprint density at radius 3 is 2.22 bits per heavy atom. The number of aromatic nitrogens is 1. The summed E-state index contributed by atoms with van der Waals surface area (Å²) >= 11 is 0. The van der Waals surface area contributed by atoms with Gasteiger partial charge < -0.3 is 0 Å². The van der Waals surface area contributed by atoms with Crippen molar-refractivity contribution in [3.63, 3.8) is 0 Å². The lowest BCUT2D eigenvalue weighted by Gasteiger charge is -2.29. The molecule has 0 radical (unpaired) electrons. The molecule has 32 heavy (non-hydrogen) atoms. The topological polar surface area (TPSA) is 3.88 Å². The highest BCUT2D eigenvalue weighted by Crippen LogP contribution is 2.40. The minimum atomic E-state index is -1.43. The molecular formula is C29H39FNSi+. The van der Waals surface area contributed by atoms with Gasteiger partial charge in [-0.3, -0.25) is 0 Å². The van der Waals surface area contributed by atoms with Gasteiger partial charge in [-0.05, 0) is 66.8 Å². The van der Waals surface area contributed by atoms with Crippen molar-refractivity contribution in [3.05, 3.63) is 59.0 Å². The molecule has 2 aromatic carbocycles. The number of benzene rings is 2. The van der Waals surface area contributed by atoms with Gasteiger partial charge in [0.15, 0.2) is 6.20 Å². The van der Waals surface area contributed by atoms with Crippen molar-refractivity contribution in [3.8, 4) is 11.3 Å². The first-order valence-corrected chi connectivity index (χ1v) is 15.2. The number of hydrogen-bond donors (Lipinski definition) is 0. The Hall–Kier alpha value is -2.00. The number of halogens is 1. The Kier molecular flexibility index (Phi) is 6.58. The lowest BCUT2D eigenvalue weighted by molar-refractivity contribution is -0.659. The molecule has 0 amide bonds. The van der Waals surface area contributed by atoms with E-state index >= 15 is 4.39 Å². The molecule has 1 heterocycles. The molecule has 4 rings (SSSR count). The predicted molar refractivity (Wildman–Crippen MR) is 138 cm³/mol. The van der Waals surface area contributed by atoms with E-state index in [4.69, 9.17) is 0 Å². The Bertz CT molecular complexity index is 1130. The van der Waals surface area contributed by atoms with E-state index in [-0.39, 0.29) is 5.82 Å². The van der Waals surface area contributed by atoms with Crippen LogP contribution < -0.4 is 9.75 Å². The second-order valence-electron chi connectivity index (χ2n) is 9.98. The summed E-state index contributed by atoms with van der Waals surface area (Å²) in [4.78, 5) is 0. The molecule has 0 N–H and O–H groups in total. The maximum Gasteiger partial charge on any atom is 0.220 e. The van der Waals surface area contributed by atoms with Crippen molar-refractivity contribution in [1.29, 1.82) is 0 Å².